The van der Waals surface area contributed by atoms with E-state index in [4.69, 9.17) is 16.7 Å². The Bertz CT molecular complexity index is 409. The molecule has 0 fully saturated rings. The molecule has 0 aromatic heterocycles. The molecule has 1 aromatic carbocycles. The molecule has 0 spiro atoms. The number of carbonyl (C=O) groups is 1. The van der Waals surface area contributed by atoms with Crippen molar-refractivity contribution in [2.24, 2.45) is 5.92 Å². The zero-order chi connectivity index (χ0) is 13.0. The quantitative estimate of drug-likeness (QED) is 0.875. The van der Waals surface area contributed by atoms with E-state index in [1.165, 1.54) is 0 Å². The standard InChI is InChI=1S/C12H15BrClNO2/c1-7(2)11(12(16)17)15-6-8-3-4-9(14)5-10(8)13/h3-5,7,11,15H,6H2,1-2H3,(H,16,17). The summed E-state index contributed by atoms with van der Waals surface area (Å²) in [6, 6.07) is 4.91. The first-order valence-electron chi connectivity index (χ1n) is 5.32. The third-order valence-electron chi connectivity index (χ3n) is 2.46. The second kappa shape index (κ2) is 6.38. The summed E-state index contributed by atoms with van der Waals surface area (Å²) in [5.41, 5.74) is 0.987. The molecule has 0 radical (unpaired) electrons. The van der Waals surface area contributed by atoms with E-state index in [2.05, 4.69) is 21.2 Å². The van der Waals surface area contributed by atoms with Crippen LogP contribution in [0.1, 0.15) is 19.4 Å². The molecular formula is C12H15BrClNO2. The van der Waals surface area contributed by atoms with E-state index < -0.39 is 12.0 Å². The van der Waals surface area contributed by atoms with Gasteiger partial charge in [0.25, 0.3) is 0 Å². The lowest BCUT2D eigenvalue weighted by Gasteiger charge is -2.18. The molecule has 1 aromatic rings. The Morgan fingerprint density at radius 2 is 2.18 bits per heavy atom. The zero-order valence-electron chi connectivity index (χ0n) is 9.71. The van der Waals surface area contributed by atoms with Crippen LogP contribution in [0.2, 0.25) is 5.02 Å². The number of carboxylic acids is 1. The van der Waals surface area contributed by atoms with Crippen molar-refractivity contribution in [2.45, 2.75) is 26.4 Å². The third-order valence-corrected chi connectivity index (χ3v) is 3.43. The third kappa shape index (κ3) is 4.30. The fraction of sp³-hybridized carbons (Fsp3) is 0.417. The van der Waals surface area contributed by atoms with E-state index in [9.17, 15) is 4.79 Å². The SMILES string of the molecule is CC(C)C(NCc1ccc(Cl)cc1Br)C(=O)O. The molecule has 17 heavy (non-hydrogen) atoms. The Morgan fingerprint density at radius 1 is 1.53 bits per heavy atom. The number of rotatable bonds is 5. The summed E-state index contributed by atoms with van der Waals surface area (Å²) < 4.78 is 0.880. The molecule has 0 aliphatic rings. The normalized spacial score (nSPS) is 12.8. The van der Waals surface area contributed by atoms with Crippen LogP contribution in [0, 0.1) is 5.92 Å². The van der Waals surface area contributed by atoms with Gasteiger partial charge in [-0.05, 0) is 23.6 Å². The predicted octanol–water partition coefficient (Wildman–Crippen LogP) is 3.30. The van der Waals surface area contributed by atoms with Gasteiger partial charge in [0.2, 0.25) is 0 Å². The molecule has 0 aliphatic heterocycles. The van der Waals surface area contributed by atoms with Gasteiger partial charge in [0.1, 0.15) is 6.04 Å². The molecule has 94 valence electrons. The Hall–Kier alpha value is -0.580. The topological polar surface area (TPSA) is 49.3 Å². The highest BCUT2D eigenvalue weighted by atomic mass is 79.9. The summed E-state index contributed by atoms with van der Waals surface area (Å²) >= 11 is 9.24. The van der Waals surface area contributed by atoms with Gasteiger partial charge in [0, 0.05) is 16.0 Å². The minimum Gasteiger partial charge on any atom is -0.480 e. The van der Waals surface area contributed by atoms with Gasteiger partial charge in [-0.2, -0.15) is 0 Å². The van der Waals surface area contributed by atoms with Crippen molar-refractivity contribution >= 4 is 33.5 Å². The highest BCUT2D eigenvalue weighted by molar-refractivity contribution is 9.10. The van der Waals surface area contributed by atoms with Crippen molar-refractivity contribution < 1.29 is 9.90 Å². The number of hydrogen-bond acceptors (Lipinski definition) is 2. The van der Waals surface area contributed by atoms with E-state index in [0.717, 1.165) is 10.0 Å². The first-order valence-corrected chi connectivity index (χ1v) is 6.49. The van der Waals surface area contributed by atoms with Gasteiger partial charge < -0.3 is 10.4 Å². The minimum absolute atomic E-state index is 0.0403. The van der Waals surface area contributed by atoms with Crippen molar-refractivity contribution in [3.8, 4) is 0 Å². The summed E-state index contributed by atoms with van der Waals surface area (Å²) in [5, 5.41) is 12.7. The fourth-order valence-electron chi connectivity index (χ4n) is 1.49. The number of nitrogens with one attached hydrogen (secondary N) is 1. The number of benzene rings is 1. The molecule has 2 N–H and O–H groups in total. The average molecular weight is 321 g/mol. The maximum absolute atomic E-state index is 11.0. The predicted molar refractivity (Wildman–Crippen MR) is 72.3 cm³/mol. The van der Waals surface area contributed by atoms with E-state index >= 15 is 0 Å². The van der Waals surface area contributed by atoms with E-state index in [1.54, 1.807) is 12.1 Å². The Labute approximate surface area is 114 Å². The molecule has 0 saturated carbocycles. The van der Waals surface area contributed by atoms with Crippen LogP contribution in [-0.4, -0.2) is 17.1 Å². The van der Waals surface area contributed by atoms with Crippen LogP contribution in [0.25, 0.3) is 0 Å². The van der Waals surface area contributed by atoms with Crippen molar-refractivity contribution in [3.05, 3.63) is 33.3 Å². The number of hydrogen-bond donors (Lipinski definition) is 2. The average Bonchev–Trinajstić information content (AvgIpc) is 2.20. The second-order valence-electron chi connectivity index (χ2n) is 4.18. The smallest absolute Gasteiger partial charge is 0.320 e. The summed E-state index contributed by atoms with van der Waals surface area (Å²) in [5.74, 6) is -0.788. The monoisotopic (exact) mass is 319 g/mol. The van der Waals surface area contributed by atoms with E-state index in [-0.39, 0.29) is 5.92 Å². The van der Waals surface area contributed by atoms with Crippen LogP contribution in [0.4, 0.5) is 0 Å². The Kier molecular flexibility index (Phi) is 5.43. The molecule has 0 amide bonds. The van der Waals surface area contributed by atoms with Gasteiger partial charge in [-0.25, -0.2) is 0 Å². The molecule has 0 saturated heterocycles. The van der Waals surface area contributed by atoms with Crippen LogP contribution < -0.4 is 5.32 Å². The first kappa shape index (κ1) is 14.5. The number of carboxylic acid groups (broad SMARTS) is 1. The van der Waals surface area contributed by atoms with Gasteiger partial charge in [0.15, 0.2) is 0 Å². The van der Waals surface area contributed by atoms with Crippen molar-refractivity contribution in [2.75, 3.05) is 0 Å². The second-order valence-corrected chi connectivity index (χ2v) is 5.47. The molecule has 1 rings (SSSR count). The van der Waals surface area contributed by atoms with Crippen LogP contribution in [0.3, 0.4) is 0 Å². The molecule has 0 bridgehead atoms. The van der Waals surface area contributed by atoms with Crippen molar-refractivity contribution in [3.63, 3.8) is 0 Å². The molecular weight excluding hydrogens is 305 g/mol. The lowest BCUT2D eigenvalue weighted by Crippen LogP contribution is -2.40. The summed E-state index contributed by atoms with van der Waals surface area (Å²) in [7, 11) is 0. The molecule has 5 heteroatoms. The summed E-state index contributed by atoms with van der Waals surface area (Å²) in [4.78, 5) is 11.0. The van der Waals surface area contributed by atoms with Crippen LogP contribution in [0.5, 0.6) is 0 Å². The maximum atomic E-state index is 11.0. The molecule has 3 nitrogen and oxygen atoms in total. The maximum Gasteiger partial charge on any atom is 0.320 e. The molecule has 1 atom stereocenters. The zero-order valence-corrected chi connectivity index (χ0v) is 12.0. The molecule has 0 aliphatic carbocycles. The number of halogens is 2. The highest BCUT2D eigenvalue weighted by Crippen LogP contribution is 2.21. The van der Waals surface area contributed by atoms with Crippen LogP contribution >= 0.6 is 27.5 Å². The van der Waals surface area contributed by atoms with Gasteiger partial charge >= 0.3 is 5.97 Å². The van der Waals surface area contributed by atoms with Crippen molar-refractivity contribution in [1.29, 1.82) is 0 Å². The lowest BCUT2D eigenvalue weighted by atomic mass is 10.0. The van der Waals surface area contributed by atoms with Crippen LogP contribution in [0.15, 0.2) is 22.7 Å². The fourth-order valence-corrected chi connectivity index (χ4v) is 2.32. The lowest BCUT2D eigenvalue weighted by molar-refractivity contribution is -0.140. The number of aliphatic carboxylic acids is 1. The summed E-state index contributed by atoms with van der Waals surface area (Å²) in [6.45, 7) is 4.25. The Morgan fingerprint density at radius 3 is 2.65 bits per heavy atom. The summed E-state index contributed by atoms with van der Waals surface area (Å²) in [6.07, 6.45) is 0. The van der Waals surface area contributed by atoms with Gasteiger partial charge in [-0.15, -0.1) is 0 Å². The largest absolute Gasteiger partial charge is 0.480 e. The van der Waals surface area contributed by atoms with Gasteiger partial charge in [0.05, 0.1) is 0 Å². The van der Waals surface area contributed by atoms with Crippen molar-refractivity contribution in [1.82, 2.24) is 5.32 Å². The minimum atomic E-state index is -0.829. The van der Waals surface area contributed by atoms with Crippen LogP contribution in [-0.2, 0) is 11.3 Å². The first-order chi connectivity index (χ1) is 7.91. The Balaban J connectivity index is 2.69. The van der Waals surface area contributed by atoms with E-state index in [1.807, 2.05) is 19.9 Å². The van der Waals surface area contributed by atoms with E-state index in [0.29, 0.717) is 11.6 Å². The highest BCUT2D eigenvalue weighted by Gasteiger charge is 2.20. The van der Waals surface area contributed by atoms with Gasteiger partial charge in [-0.1, -0.05) is 47.4 Å². The van der Waals surface area contributed by atoms with Gasteiger partial charge in [-0.3, -0.25) is 4.79 Å². The molecule has 0 heterocycles. The molecule has 1 unspecified atom stereocenters.